The number of rotatable bonds is 8. The van der Waals surface area contributed by atoms with E-state index in [9.17, 15) is 9.59 Å². The highest BCUT2D eigenvalue weighted by molar-refractivity contribution is 8.00. The summed E-state index contributed by atoms with van der Waals surface area (Å²) in [6, 6.07) is 20.8. The molecule has 1 fully saturated rings. The van der Waals surface area contributed by atoms with Gasteiger partial charge in [0, 0.05) is 29.2 Å². The second-order valence-electron chi connectivity index (χ2n) is 11.6. The number of likely N-dealkylation sites (tertiary alicyclic amines) is 1. The minimum absolute atomic E-state index is 0.0729. The summed E-state index contributed by atoms with van der Waals surface area (Å²) in [6.07, 6.45) is 1.90. The Labute approximate surface area is 278 Å². The lowest BCUT2D eigenvalue weighted by molar-refractivity contribution is -0.132. The van der Waals surface area contributed by atoms with Crippen LogP contribution in [0.1, 0.15) is 36.1 Å². The van der Waals surface area contributed by atoms with E-state index in [0.717, 1.165) is 35.2 Å². The van der Waals surface area contributed by atoms with Gasteiger partial charge in [-0.2, -0.15) is 5.10 Å². The zero-order valence-electron chi connectivity index (χ0n) is 26.4. The second kappa shape index (κ2) is 13.7. The molecule has 9 nitrogen and oxygen atoms in total. The zero-order chi connectivity index (χ0) is 32.4. The molecule has 6 rings (SSSR count). The third-order valence-electron chi connectivity index (χ3n) is 8.66. The fourth-order valence-corrected chi connectivity index (χ4v) is 7.33. The number of hydrogen-bond donors (Lipinski definition) is 0. The fraction of sp³-hybridized carbons (Fsp3) is 0.343. The van der Waals surface area contributed by atoms with Crippen LogP contribution < -0.4 is 19.1 Å². The maximum absolute atomic E-state index is 14.1. The highest BCUT2D eigenvalue weighted by Crippen LogP contribution is 2.49. The lowest BCUT2D eigenvalue weighted by Crippen LogP contribution is -2.46. The predicted molar refractivity (Wildman–Crippen MR) is 182 cm³/mol. The van der Waals surface area contributed by atoms with Gasteiger partial charge in [-0.25, -0.2) is 4.68 Å². The minimum atomic E-state index is -0.327. The number of piperidine rings is 1. The van der Waals surface area contributed by atoms with E-state index in [1.807, 2.05) is 71.6 Å². The number of carbonyl (C=O) groups excluding carboxylic acids is 2. The molecule has 1 atom stereocenters. The van der Waals surface area contributed by atoms with Gasteiger partial charge in [0.2, 0.25) is 11.8 Å². The van der Waals surface area contributed by atoms with E-state index < -0.39 is 0 Å². The Hall–Kier alpha value is -4.15. The highest BCUT2D eigenvalue weighted by Gasteiger charge is 2.38. The van der Waals surface area contributed by atoms with E-state index in [2.05, 4.69) is 6.92 Å². The predicted octanol–water partition coefficient (Wildman–Crippen LogP) is 6.65. The van der Waals surface area contributed by atoms with Crippen LogP contribution in [-0.4, -0.2) is 73.2 Å². The summed E-state index contributed by atoms with van der Waals surface area (Å²) >= 11 is 7.81. The standard InChI is InChI=1S/C35H37ClN4O5S/c1-22-15-17-38(18-16-22)30(41)20-39-31(42)21-46-34(24-7-14-28(44-3)29(19-24)45-4)32-33(23-5-8-25(36)9-6-23)37-40(35(32)39)26-10-12-27(43-2)13-11-26/h5-14,19,22,34H,15-18,20-21H2,1-4H3. The summed E-state index contributed by atoms with van der Waals surface area (Å²) in [4.78, 5) is 31.5. The normalized spacial score (nSPS) is 17.0. The summed E-state index contributed by atoms with van der Waals surface area (Å²) in [7, 11) is 4.82. The molecule has 0 bridgehead atoms. The van der Waals surface area contributed by atoms with Crippen LogP contribution in [0.5, 0.6) is 17.2 Å². The molecule has 4 aromatic rings. The van der Waals surface area contributed by atoms with E-state index in [0.29, 0.717) is 52.8 Å². The first-order valence-corrected chi connectivity index (χ1v) is 16.7. The van der Waals surface area contributed by atoms with Crippen LogP contribution >= 0.6 is 23.4 Å². The average Bonchev–Trinajstić information content (AvgIpc) is 3.40. The monoisotopic (exact) mass is 660 g/mol. The Kier molecular flexibility index (Phi) is 9.47. The molecule has 0 spiro atoms. The molecule has 240 valence electrons. The molecule has 11 heteroatoms. The number of methoxy groups -OCH3 is 3. The van der Waals surface area contributed by atoms with E-state index in [1.54, 1.807) is 30.9 Å². The Balaban J connectivity index is 1.57. The Morgan fingerprint density at radius 1 is 0.935 bits per heavy atom. The lowest BCUT2D eigenvalue weighted by Gasteiger charge is -2.32. The van der Waals surface area contributed by atoms with Crippen LogP contribution in [0, 0.1) is 5.92 Å². The van der Waals surface area contributed by atoms with E-state index in [4.69, 9.17) is 30.9 Å². The molecule has 0 saturated carbocycles. The molecule has 3 heterocycles. The molecular formula is C35H37ClN4O5S. The van der Waals surface area contributed by atoms with Gasteiger partial charge in [-0.15, -0.1) is 11.8 Å². The molecule has 1 unspecified atom stereocenters. The molecule has 1 saturated heterocycles. The topological polar surface area (TPSA) is 86.1 Å². The van der Waals surface area contributed by atoms with Gasteiger partial charge in [-0.3, -0.25) is 14.5 Å². The molecule has 3 aromatic carbocycles. The third kappa shape index (κ3) is 6.28. The van der Waals surface area contributed by atoms with Crippen molar-refractivity contribution in [2.45, 2.75) is 25.0 Å². The molecule has 0 radical (unpaired) electrons. The highest BCUT2D eigenvalue weighted by atomic mass is 35.5. The van der Waals surface area contributed by atoms with Crippen molar-refractivity contribution >= 4 is 41.0 Å². The van der Waals surface area contributed by atoms with Gasteiger partial charge < -0.3 is 19.1 Å². The van der Waals surface area contributed by atoms with Crippen molar-refractivity contribution in [1.29, 1.82) is 0 Å². The van der Waals surface area contributed by atoms with Crippen molar-refractivity contribution in [3.8, 4) is 34.2 Å². The summed E-state index contributed by atoms with van der Waals surface area (Å²) < 4.78 is 18.4. The van der Waals surface area contributed by atoms with Gasteiger partial charge in [0.1, 0.15) is 18.1 Å². The van der Waals surface area contributed by atoms with Crippen LogP contribution in [0.3, 0.4) is 0 Å². The number of thioether (sulfide) groups is 1. The molecule has 46 heavy (non-hydrogen) atoms. The van der Waals surface area contributed by atoms with Gasteiger partial charge in [0.25, 0.3) is 0 Å². The average molecular weight is 661 g/mol. The van der Waals surface area contributed by atoms with Gasteiger partial charge in [0.15, 0.2) is 11.5 Å². The molecule has 2 aliphatic heterocycles. The molecule has 2 aliphatic rings. The van der Waals surface area contributed by atoms with Crippen LogP contribution in [0.2, 0.25) is 5.02 Å². The molecular weight excluding hydrogens is 624 g/mol. The van der Waals surface area contributed by atoms with Gasteiger partial charge in [-0.05, 0) is 72.9 Å². The van der Waals surface area contributed by atoms with Crippen molar-refractivity contribution in [1.82, 2.24) is 14.7 Å². The summed E-state index contributed by atoms with van der Waals surface area (Å²) in [5, 5.41) is 5.45. The SMILES string of the molecule is COc1ccc(-n2nc(-c3ccc(Cl)cc3)c3c2N(CC(=O)N2CCC(C)CC2)C(=O)CSC3c2ccc(OC)c(OC)c2)cc1. The van der Waals surface area contributed by atoms with Gasteiger partial charge in [0.05, 0.1) is 43.7 Å². The van der Waals surface area contributed by atoms with Crippen LogP contribution in [0.15, 0.2) is 66.7 Å². The molecule has 0 aliphatic carbocycles. The fourth-order valence-electron chi connectivity index (χ4n) is 6.02. The minimum Gasteiger partial charge on any atom is -0.497 e. The number of amides is 2. The number of aromatic nitrogens is 2. The third-order valence-corrected chi connectivity index (χ3v) is 10.2. The number of anilines is 1. The number of carbonyl (C=O) groups is 2. The Morgan fingerprint density at radius 3 is 2.28 bits per heavy atom. The van der Waals surface area contributed by atoms with E-state index >= 15 is 0 Å². The maximum atomic E-state index is 14.1. The van der Waals surface area contributed by atoms with Crippen molar-refractivity contribution < 1.29 is 23.8 Å². The smallest absolute Gasteiger partial charge is 0.242 e. The van der Waals surface area contributed by atoms with Gasteiger partial charge in [-0.1, -0.05) is 36.7 Å². The number of benzene rings is 3. The van der Waals surface area contributed by atoms with Crippen molar-refractivity contribution in [2.24, 2.45) is 5.92 Å². The first-order valence-electron chi connectivity index (χ1n) is 15.3. The first kappa shape index (κ1) is 31.8. The van der Waals surface area contributed by atoms with Crippen molar-refractivity contribution in [3.63, 3.8) is 0 Å². The lowest BCUT2D eigenvalue weighted by atomic mass is 9.98. The largest absolute Gasteiger partial charge is 0.497 e. The molecule has 1 aromatic heterocycles. The second-order valence-corrected chi connectivity index (χ2v) is 13.1. The Morgan fingerprint density at radius 2 is 1.63 bits per heavy atom. The van der Waals surface area contributed by atoms with E-state index in [-0.39, 0.29) is 29.4 Å². The number of ether oxygens (including phenoxy) is 3. The number of hydrogen-bond acceptors (Lipinski definition) is 7. The zero-order valence-corrected chi connectivity index (χ0v) is 27.9. The summed E-state index contributed by atoms with van der Waals surface area (Å²) in [5.41, 5.74) is 3.99. The molecule has 0 N–H and O–H groups in total. The van der Waals surface area contributed by atoms with Crippen LogP contribution in [0.4, 0.5) is 5.82 Å². The first-order chi connectivity index (χ1) is 22.3. The van der Waals surface area contributed by atoms with E-state index in [1.165, 1.54) is 11.8 Å². The summed E-state index contributed by atoms with van der Waals surface area (Å²) in [6.45, 7) is 3.50. The number of fused-ring (bicyclic) bond motifs is 1. The van der Waals surface area contributed by atoms with Crippen molar-refractivity contribution in [3.05, 3.63) is 82.9 Å². The quantitative estimate of drug-likeness (QED) is 0.209. The van der Waals surface area contributed by atoms with Gasteiger partial charge >= 0.3 is 0 Å². The number of halogens is 1. The van der Waals surface area contributed by atoms with Crippen molar-refractivity contribution in [2.75, 3.05) is 51.6 Å². The van der Waals surface area contributed by atoms with Crippen LogP contribution in [-0.2, 0) is 9.59 Å². The van der Waals surface area contributed by atoms with Crippen LogP contribution in [0.25, 0.3) is 16.9 Å². The number of nitrogens with zero attached hydrogens (tertiary/aromatic N) is 4. The maximum Gasteiger partial charge on any atom is 0.242 e. The summed E-state index contributed by atoms with van der Waals surface area (Å²) in [5.74, 6) is 2.95. The Bertz CT molecular complexity index is 1720. The molecule has 2 amide bonds.